The summed E-state index contributed by atoms with van der Waals surface area (Å²) >= 11 is 0. The van der Waals surface area contributed by atoms with Gasteiger partial charge in [-0.05, 0) is 36.8 Å². The van der Waals surface area contributed by atoms with Crippen LogP contribution in [0.1, 0.15) is 23.2 Å². The van der Waals surface area contributed by atoms with E-state index in [1.165, 1.54) is 10.6 Å². The minimum Gasteiger partial charge on any atom is -0.368 e. The first kappa shape index (κ1) is 16.9. The van der Waals surface area contributed by atoms with Crippen molar-refractivity contribution >= 4 is 11.8 Å². The van der Waals surface area contributed by atoms with Gasteiger partial charge in [0.1, 0.15) is 6.10 Å². The topological polar surface area (TPSA) is 103 Å². The van der Waals surface area contributed by atoms with E-state index < -0.39 is 12.0 Å². The molecule has 0 spiro atoms. The second-order valence-electron chi connectivity index (χ2n) is 5.91. The third kappa shape index (κ3) is 3.95. The Labute approximate surface area is 144 Å². The normalized spacial score (nSPS) is 20.0. The molecule has 0 bridgehead atoms. The van der Waals surface area contributed by atoms with E-state index in [4.69, 9.17) is 10.5 Å². The zero-order chi connectivity index (χ0) is 17.8. The Hall–Kier alpha value is -2.93. The summed E-state index contributed by atoms with van der Waals surface area (Å²) in [6, 6.07) is 11.5. The van der Waals surface area contributed by atoms with Crippen molar-refractivity contribution in [3.63, 3.8) is 0 Å². The van der Waals surface area contributed by atoms with E-state index in [9.17, 15) is 14.4 Å². The van der Waals surface area contributed by atoms with E-state index in [0.29, 0.717) is 30.7 Å². The maximum atomic E-state index is 12.4. The molecule has 2 heterocycles. The molecule has 2 aromatic rings. The summed E-state index contributed by atoms with van der Waals surface area (Å²) in [5.41, 5.74) is 6.28. The summed E-state index contributed by atoms with van der Waals surface area (Å²) in [6.07, 6.45) is 2.01. The number of nitrogens with one attached hydrogen (secondary N) is 1. The van der Waals surface area contributed by atoms with Crippen LogP contribution >= 0.6 is 0 Å². The predicted octanol–water partition coefficient (Wildman–Crippen LogP) is 0.600. The SMILES string of the molecule is NC(=O)C1CC(NC(=O)c2ccc(-n3ccccc3=O)cc2)CCO1. The van der Waals surface area contributed by atoms with Crippen molar-refractivity contribution < 1.29 is 14.3 Å². The number of amides is 2. The van der Waals surface area contributed by atoms with Gasteiger partial charge in [-0.2, -0.15) is 0 Å². The van der Waals surface area contributed by atoms with E-state index in [2.05, 4.69) is 5.32 Å². The first-order valence-corrected chi connectivity index (χ1v) is 8.04. The Morgan fingerprint density at radius 3 is 2.60 bits per heavy atom. The van der Waals surface area contributed by atoms with Crippen LogP contribution in [0.4, 0.5) is 0 Å². The molecule has 1 fully saturated rings. The van der Waals surface area contributed by atoms with Crippen molar-refractivity contribution in [2.45, 2.75) is 25.0 Å². The molecule has 1 aromatic carbocycles. The molecule has 0 radical (unpaired) electrons. The summed E-state index contributed by atoms with van der Waals surface area (Å²) in [7, 11) is 0. The van der Waals surface area contributed by atoms with E-state index >= 15 is 0 Å². The van der Waals surface area contributed by atoms with Gasteiger partial charge in [-0.15, -0.1) is 0 Å². The number of aromatic nitrogens is 1. The average molecular weight is 341 g/mol. The molecule has 2 unspecified atom stereocenters. The number of hydrogen-bond donors (Lipinski definition) is 2. The number of benzene rings is 1. The first-order valence-electron chi connectivity index (χ1n) is 8.04. The molecule has 1 aliphatic rings. The molecule has 1 aromatic heterocycles. The second kappa shape index (κ2) is 7.31. The van der Waals surface area contributed by atoms with E-state index in [0.717, 1.165) is 0 Å². The lowest BCUT2D eigenvalue weighted by molar-refractivity contribution is -0.132. The second-order valence-corrected chi connectivity index (χ2v) is 5.91. The minimum atomic E-state index is -0.661. The smallest absolute Gasteiger partial charge is 0.255 e. The summed E-state index contributed by atoms with van der Waals surface area (Å²) in [4.78, 5) is 35.4. The fourth-order valence-electron chi connectivity index (χ4n) is 2.81. The number of carbonyl (C=O) groups excluding carboxylic acids is 2. The quantitative estimate of drug-likeness (QED) is 0.850. The summed E-state index contributed by atoms with van der Waals surface area (Å²) in [6.45, 7) is 0.383. The van der Waals surface area contributed by atoms with Gasteiger partial charge < -0.3 is 15.8 Å². The third-order valence-electron chi connectivity index (χ3n) is 4.17. The van der Waals surface area contributed by atoms with E-state index in [1.54, 1.807) is 42.6 Å². The monoisotopic (exact) mass is 341 g/mol. The highest BCUT2D eigenvalue weighted by molar-refractivity contribution is 5.94. The van der Waals surface area contributed by atoms with Crippen molar-refractivity contribution in [2.75, 3.05) is 6.61 Å². The van der Waals surface area contributed by atoms with Crippen LogP contribution in [-0.2, 0) is 9.53 Å². The maximum absolute atomic E-state index is 12.4. The van der Waals surface area contributed by atoms with Crippen LogP contribution in [-0.4, -0.2) is 35.1 Å². The van der Waals surface area contributed by atoms with Gasteiger partial charge in [-0.25, -0.2) is 0 Å². The molecule has 3 rings (SSSR count). The number of pyridine rings is 1. The summed E-state index contributed by atoms with van der Waals surface area (Å²) in [5, 5.41) is 2.90. The largest absolute Gasteiger partial charge is 0.368 e. The van der Waals surface area contributed by atoms with Gasteiger partial charge in [0, 0.05) is 42.6 Å². The number of nitrogens with zero attached hydrogens (tertiary/aromatic N) is 1. The number of carbonyl (C=O) groups is 2. The average Bonchev–Trinajstić information content (AvgIpc) is 2.62. The van der Waals surface area contributed by atoms with Crippen LogP contribution in [0.25, 0.3) is 5.69 Å². The summed E-state index contributed by atoms with van der Waals surface area (Å²) < 4.78 is 6.77. The highest BCUT2D eigenvalue weighted by Gasteiger charge is 2.27. The lowest BCUT2D eigenvalue weighted by Gasteiger charge is -2.28. The van der Waals surface area contributed by atoms with Crippen LogP contribution in [0, 0.1) is 0 Å². The van der Waals surface area contributed by atoms with Gasteiger partial charge in [0.25, 0.3) is 11.5 Å². The van der Waals surface area contributed by atoms with Crippen LogP contribution in [0.3, 0.4) is 0 Å². The molecule has 1 aliphatic heterocycles. The predicted molar refractivity (Wildman–Crippen MR) is 91.5 cm³/mol. The molecule has 0 aliphatic carbocycles. The molecule has 1 saturated heterocycles. The molecule has 25 heavy (non-hydrogen) atoms. The number of rotatable bonds is 4. The maximum Gasteiger partial charge on any atom is 0.255 e. The van der Waals surface area contributed by atoms with E-state index in [1.807, 2.05) is 0 Å². The Bertz CT molecular complexity index is 829. The van der Waals surface area contributed by atoms with Crippen molar-refractivity contribution in [2.24, 2.45) is 5.73 Å². The van der Waals surface area contributed by atoms with Crippen molar-refractivity contribution in [1.29, 1.82) is 0 Å². The van der Waals surface area contributed by atoms with Crippen molar-refractivity contribution in [3.8, 4) is 5.69 Å². The number of nitrogens with two attached hydrogens (primary N) is 1. The molecular weight excluding hydrogens is 322 g/mol. The fourth-order valence-corrected chi connectivity index (χ4v) is 2.81. The van der Waals surface area contributed by atoms with E-state index in [-0.39, 0.29) is 17.5 Å². The van der Waals surface area contributed by atoms with Gasteiger partial charge in [0.15, 0.2) is 0 Å². The first-order chi connectivity index (χ1) is 12.0. The molecule has 2 atom stereocenters. The Balaban J connectivity index is 1.68. The molecule has 130 valence electrons. The van der Waals surface area contributed by atoms with Crippen LogP contribution in [0.5, 0.6) is 0 Å². The minimum absolute atomic E-state index is 0.139. The van der Waals surface area contributed by atoms with Gasteiger partial charge in [0.2, 0.25) is 5.91 Å². The molecule has 7 nitrogen and oxygen atoms in total. The number of hydrogen-bond acceptors (Lipinski definition) is 4. The lowest BCUT2D eigenvalue weighted by atomic mass is 10.0. The van der Waals surface area contributed by atoms with Gasteiger partial charge in [0.05, 0.1) is 0 Å². The number of ether oxygens (including phenoxy) is 1. The van der Waals surface area contributed by atoms with Crippen LogP contribution < -0.4 is 16.6 Å². The Morgan fingerprint density at radius 2 is 1.92 bits per heavy atom. The highest BCUT2D eigenvalue weighted by Crippen LogP contribution is 2.15. The molecule has 0 saturated carbocycles. The van der Waals surface area contributed by atoms with Gasteiger partial charge >= 0.3 is 0 Å². The standard InChI is InChI=1S/C18H19N3O4/c19-17(23)15-11-13(8-10-25-15)20-18(24)12-4-6-14(7-5-12)21-9-2-1-3-16(21)22/h1-7,9,13,15H,8,10-11H2,(H2,19,23)(H,20,24). The van der Waals surface area contributed by atoms with Crippen LogP contribution in [0.15, 0.2) is 53.5 Å². The van der Waals surface area contributed by atoms with Gasteiger partial charge in [-0.1, -0.05) is 6.07 Å². The van der Waals surface area contributed by atoms with Crippen molar-refractivity contribution in [3.05, 3.63) is 64.6 Å². The molecule has 7 heteroatoms. The highest BCUT2D eigenvalue weighted by atomic mass is 16.5. The molecule has 2 amide bonds. The zero-order valence-electron chi connectivity index (χ0n) is 13.6. The van der Waals surface area contributed by atoms with Crippen molar-refractivity contribution in [1.82, 2.24) is 9.88 Å². The molecule has 3 N–H and O–H groups in total. The van der Waals surface area contributed by atoms with Crippen LogP contribution in [0.2, 0.25) is 0 Å². The summed E-state index contributed by atoms with van der Waals surface area (Å²) in [5.74, 6) is -0.751. The van der Waals surface area contributed by atoms with Gasteiger partial charge in [-0.3, -0.25) is 19.0 Å². The number of primary amides is 1. The lowest BCUT2D eigenvalue weighted by Crippen LogP contribution is -2.46. The Morgan fingerprint density at radius 1 is 1.16 bits per heavy atom. The third-order valence-corrected chi connectivity index (χ3v) is 4.17. The Kier molecular flexibility index (Phi) is 4.95. The molecular formula is C18H19N3O4. The zero-order valence-corrected chi connectivity index (χ0v) is 13.6. The fraction of sp³-hybridized carbons (Fsp3) is 0.278.